The molecule has 0 heterocycles. The maximum Gasteiger partial charge on any atom is 0.126 e. The summed E-state index contributed by atoms with van der Waals surface area (Å²) in [6, 6.07) is 6.46. The molecule has 80 valence electrons. The van der Waals surface area contributed by atoms with Crippen molar-refractivity contribution in [2.45, 2.75) is 32.6 Å². The molecule has 0 saturated heterocycles. The molecule has 15 heavy (non-hydrogen) atoms. The smallest absolute Gasteiger partial charge is 0.126 e. The van der Waals surface area contributed by atoms with Crippen LogP contribution in [0.2, 0.25) is 0 Å². The number of ether oxygens (including phenoxy) is 1. The topological polar surface area (TPSA) is 9.23 Å². The Bertz CT molecular complexity index is 377. The Morgan fingerprint density at radius 2 is 2.07 bits per heavy atom. The zero-order valence-corrected chi connectivity index (χ0v) is 9.55. The first-order chi connectivity index (χ1) is 7.31. The van der Waals surface area contributed by atoms with Crippen LogP contribution in [0.4, 0.5) is 0 Å². The van der Waals surface area contributed by atoms with Gasteiger partial charge in [-0.15, -0.1) is 0 Å². The summed E-state index contributed by atoms with van der Waals surface area (Å²) in [5.41, 5.74) is 3.99. The highest BCUT2D eigenvalue weighted by Gasteiger charge is 2.10. The zero-order chi connectivity index (χ0) is 10.7. The van der Waals surface area contributed by atoms with E-state index in [2.05, 4.69) is 31.2 Å². The Hall–Kier alpha value is -1.24. The lowest BCUT2D eigenvalue weighted by Gasteiger charge is -2.16. The summed E-state index contributed by atoms with van der Waals surface area (Å²) in [7, 11) is 1.75. The van der Waals surface area contributed by atoms with Crippen LogP contribution >= 0.6 is 0 Å². The molecular weight excluding hydrogens is 184 g/mol. The van der Waals surface area contributed by atoms with Crippen molar-refractivity contribution in [1.82, 2.24) is 0 Å². The van der Waals surface area contributed by atoms with Gasteiger partial charge < -0.3 is 4.74 Å². The van der Waals surface area contributed by atoms with Crippen LogP contribution in [0.25, 0.3) is 5.57 Å². The third-order valence-electron chi connectivity index (χ3n) is 2.99. The first kappa shape index (κ1) is 10.3. The van der Waals surface area contributed by atoms with E-state index < -0.39 is 0 Å². The van der Waals surface area contributed by atoms with E-state index in [1.807, 2.05) is 0 Å². The summed E-state index contributed by atoms with van der Waals surface area (Å²) in [6.45, 7) is 2.10. The van der Waals surface area contributed by atoms with Crippen LogP contribution in [-0.4, -0.2) is 7.11 Å². The Kier molecular flexibility index (Phi) is 3.10. The Morgan fingerprint density at radius 3 is 2.73 bits per heavy atom. The van der Waals surface area contributed by atoms with Crippen molar-refractivity contribution in [3.8, 4) is 5.75 Å². The molecule has 0 aliphatic heterocycles. The van der Waals surface area contributed by atoms with Crippen molar-refractivity contribution in [3.05, 3.63) is 35.4 Å². The fourth-order valence-corrected chi connectivity index (χ4v) is 2.15. The van der Waals surface area contributed by atoms with Crippen molar-refractivity contribution >= 4 is 5.57 Å². The minimum absolute atomic E-state index is 1.02. The van der Waals surface area contributed by atoms with Gasteiger partial charge in [0.15, 0.2) is 0 Å². The second-order valence-electron chi connectivity index (χ2n) is 4.18. The van der Waals surface area contributed by atoms with Gasteiger partial charge in [0.05, 0.1) is 7.11 Å². The number of rotatable bonds is 2. The Balaban J connectivity index is 2.38. The molecule has 1 aliphatic rings. The van der Waals surface area contributed by atoms with Crippen LogP contribution in [0.15, 0.2) is 24.3 Å². The summed E-state index contributed by atoms with van der Waals surface area (Å²) in [5, 5.41) is 0. The van der Waals surface area contributed by atoms with Crippen molar-refractivity contribution in [1.29, 1.82) is 0 Å². The van der Waals surface area contributed by atoms with Crippen LogP contribution in [0.5, 0.6) is 5.75 Å². The lowest BCUT2D eigenvalue weighted by molar-refractivity contribution is 0.413. The van der Waals surface area contributed by atoms with E-state index >= 15 is 0 Å². The van der Waals surface area contributed by atoms with Gasteiger partial charge in [-0.1, -0.05) is 18.2 Å². The first-order valence-electron chi connectivity index (χ1n) is 5.65. The quantitative estimate of drug-likeness (QED) is 0.705. The molecule has 1 aliphatic carbocycles. The lowest BCUT2D eigenvalue weighted by atomic mass is 9.92. The molecule has 0 radical (unpaired) electrons. The Morgan fingerprint density at radius 1 is 1.20 bits per heavy atom. The minimum atomic E-state index is 1.02. The number of hydrogen-bond donors (Lipinski definition) is 0. The van der Waals surface area contributed by atoms with Crippen LogP contribution in [0, 0.1) is 6.92 Å². The first-order valence-corrected chi connectivity index (χ1v) is 5.65. The molecule has 0 N–H and O–H groups in total. The fraction of sp³-hybridized carbons (Fsp3) is 0.429. The summed E-state index contributed by atoms with van der Waals surface area (Å²) < 4.78 is 5.44. The minimum Gasteiger partial charge on any atom is -0.496 e. The SMILES string of the molecule is COc1cc(C)ccc1C1=CCCCC1. The maximum absolute atomic E-state index is 5.44. The molecule has 2 rings (SSSR count). The molecule has 0 saturated carbocycles. The summed E-state index contributed by atoms with van der Waals surface area (Å²) in [5.74, 6) is 1.02. The third kappa shape index (κ3) is 2.23. The van der Waals surface area contributed by atoms with E-state index in [-0.39, 0.29) is 0 Å². The Labute approximate surface area is 91.8 Å². The van der Waals surface area contributed by atoms with Gasteiger partial charge in [-0.05, 0) is 49.8 Å². The number of allylic oxidation sites excluding steroid dienone is 2. The molecule has 0 fully saturated rings. The van der Waals surface area contributed by atoms with E-state index in [9.17, 15) is 0 Å². The average Bonchev–Trinajstić information content (AvgIpc) is 2.30. The normalized spacial score (nSPS) is 16.0. The van der Waals surface area contributed by atoms with E-state index in [0.29, 0.717) is 0 Å². The molecule has 0 bridgehead atoms. The van der Waals surface area contributed by atoms with Gasteiger partial charge in [0.2, 0.25) is 0 Å². The number of methoxy groups -OCH3 is 1. The van der Waals surface area contributed by atoms with Gasteiger partial charge in [-0.25, -0.2) is 0 Å². The maximum atomic E-state index is 5.44. The second kappa shape index (κ2) is 4.52. The molecule has 1 nitrogen and oxygen atoms in total. The van der Waals surface area contributed by atoms with E-state index in [1.165, 1.54) is 42.4 Å². The molecule has 0 amide bonds. The van der Waals surface area contributed by atoms with Gasteiger partial charge in [0.1, 0.15) is 5.75 Å². The van der Waals surface area contributed by atoms with E-state index in [4.69, 9.17) is 4.74 Å². The number of aryl methyl sites for hydroxylation is 1. The summed E-state index contributed by atoms with van der Waals surface area (Å²) >= 11 is 0. The number of hydrogen-bond acceptors (Lipinski definition) is 1. The third-order valence-corrected chi connectivity index (χ3v) is 2.99. The molecular formula is C14H18O. The molecule has 1 aromatic carbocycles. The predicted molar refractivity (Wildman–Crippen MR) is 64.2 cm³/mol. The number of benzene rings is 1. The highest BCUT2D eigenvalue weighted by Crippen LogP contribution is 2.33. The van der Waals surface area contributed by atoms with Gasteiger partial charge in [0, 0.05) is 5.56 Å². The average molecular weight is 202 g/mol. The molecule has 0 unspecified atom stereocenters. The molecule has 1 heteroatoms. The largest absolute Gasteiger partial charge is 0.496 e. The van der Waals surface area contributed by atoms with Crippen molar-refractivity contribution in [2.75, 3.05) is 7.11 Å². The predicted octanol–water partition coefficient (Wildman–Crippen LogP) is 3.96. The molecule has 1 aromatic rings. The van der Waals surface area contributed by atoms with Crippen LogP contribution in [-0.2, 0) is 0 Å². The van der Waals surface area contributed by atoms with Crippen molar-refractivity contribution < 1.29 is 4.74 Å². The van der Waals surface area contributed by atoms with Gasteiger partial charge in [0.25, 0.3) is 0 Å². The van der Waals surface area contributed by atoms with Crippen molar-refractivity contribution in [3.63, 3.8) is 0 Å². The van der Waals surface area contributed by atoms with E-state index in [0.717, 1.165) is 5.75 Å². The molecule has 0 spiro atoms. The van der Waals surface area contributed by atoms with Gasteiger partial charge >= 0.3 is 0 Å². The highest BCUT2D eigenvalue weighted by atomic mass is 16.5. The van der Waals surface area contributed by atoms with Gasteiger partial charge in [-0.2, -0.15) is 0 Å². The fourth-order valence-electron chi connectivity index (χ4n) is 2.15. The lowest BCUT2D eigenvalue weighted by Crippen LogP contribution is -1.96. The van der Waals surface area contributed by atoms with Gasteiger partial charge in [-0.3, -0.25) is 0 Å². The zero-order valence-electron chi connectivity index (χ0n) is 9.55. The summed E-state index contributed by atoms with van der Waals surface area (Å²) in [6.07, 6.45) is 7.41. The van der Waals surface area contributed by atoms with E-state index in [1.54, 1.807) is 7.11 Å². The molecule has 0 atom stereocenters. The molecule has 0 aromatic heterocycles. The highest BCUT2D eigenvalue weighted by molar-refractivity contribution is 5.71. The van der Waals surface area contributed by atoms with Crippen LogP contribution < -0.4 is 4.74 Å². The second-order valence-corrected chi connectivity index (χ2v) is 4.18. The summed E-state index contributed by atoms with van der Waals surface area (Å²) in [4.78, 5) is 0. The standard InChI is InChI=1S/C14H18O/c1-11-8-9-13(14(10-11)15-2)12-6-4-3-5-7-12/h6,8-10H,3-5,7H2,1-2H3. The van der Waals surface area contributed by atoms with Crippen LogP contribution in [0.1, 0.15) is 36.8 Å². The van der Waals surface area contributed by atoms with Crippen molar-refractivity contribution in [2.24, 2.45) is 0 Å². The van der Waals surface area contributed by atoms with Crippen LogP contribution in [0.3, 0.4) is 0 Å². The monoisotopic (exact) mass is 202 g/mol.